The average Bonchev–Trinajstić information content (AvgIpc) is 2.77. The highest BCUT2D eigenvalue weighted by molar-refractivity contribution is 7.90. The van der Waals surface area contributed by atoms with E-state index in [2.05, 4.69) is 4.72 Å². The second kappa shape index (κ2) is 9.89. The molecule has 0 aliphatic heterocycles. The number of hydrogen-bond acceptors (Lipinski definition) is 5. The fraction of sp³-hybridized carbons (Fsp3) is 0.125. The number of hydrogen-bond donors (Lipinski definition) is 1. The number of halogens is 1. The third-order valence-electron chi connectivity index (χ3n) is 4.70. The number of para-hydroxylation sites is 1. The summed E-state index contributed by atoms with van der Waals surface area (Å²) in [6.45, 7) is 1.84. The molecule has 0 saturated carbocycles. The van der Waals surface area contributed by atoms with Gasteiger partial charge in [-0.15, -0.1) is 0 Å². The maximum Gasteiger partial charge on any atom is 0.264 e. The Kier molecular flexibility index (Phi) is 7.22. The molecule has 0 aliphatic carbocycles. The summed E-state index contributed by atoms with van der Waals surface area (Å²) < 4.78 is 38.0. The Morgan fingerprint density at radius 2 is 1.59 bits per heavy atom. The largest absolute Gasteiger partial charge is 0.497 e. The van der Waals surface area contributed by atoms with Crippen molar-refractivity contribution in [3.05, 3.63) is 94.5 Å². The van der Waals surface area contributed by atoms with Gasteiger partial charge in [0.25, 0.3) is 15.9 Å². The molecule has 0 bridgehead atoms. The first-order valence-electron chi connectivity index (χ1n) is 9.57. The first-order chi connectivity index (χ1) is 15.2. The van der Waals surface area contributed by atoms with E-state index in [0.29, 0.717) is 33.2 Å². The Bertz CT molecular complexity index is 1250. The third kappa shape index (κ3) is 5.30. The van der Waals surface area contributed by atoms with Gasteiger partial charge in [-0.05, 0) is 48.4 Å². The van der Waals surface area contributed by atoms with E-state index in [4.69, 9.17) is 21.1 Å². The first-order valence-corrected chi connectivity index (χ1v) is 11.4. The first kappa shape index (κ1) is 23.4. The summed E-state index contributed by atoms with van der Waals surface area (Å²) in [6.07, 6.45) is 1.21. The number of aryl methyl sites for hydroxylation is 1. The molecule has 0 radical (unpaired) electrons. The molecule has 1 amide bonds. The Labute approximate surface area is 192 Å². The number of nitrogens with one attached hydrogen (secondary N) is 1. The van der Waals surface area contributed by atoms with Gasteiger partial charge in [-0.25, -0.2) is 13.1 Å². The van der Waals surface area contributed by atoms with E-state index in [-0.39, 0.29) is 4.90 Å². The molecular weight excluding hydrogens is 450 g/mol. The fourth-order valence-electron chi connectivity index (χ4n) is 3.08. The molecule has 0 spiro atoms. The third-order valence-corrected chi connectivity index (χ3v) is 6.36. The smallest absolute Gasteiger partial charge is 0.264 e. The van der Waals surface area contributed by atoms with Crippen LogP contribution < -0.4 is 14.2 Å². The minimum Gasteiger partial charge on any atom is -0.497 e. The number of benzene rings is 3. The predicted octanol–water partition coefficient (Wildman–Crippen LogP) is 4.60. The van der Waals surface area contributed by atoms with Crippen LogP contribution in [0.3, 0.4) is 0 Å². The number of amides is 1. The molecule has 0 unspecified atom stereocenters. The number of ether oxygens (including phenoxy) is 2. The molecule has 1 N–H and O–H groups in total. The predicted molar refractivity (Wildman–Crippen MR) is 125 cm³/mol. The van der Waals surface area contributed by atoms with Crippen molar-refractivity contribution >= 4 is 33.1 Å². The van der Waals surface area contributed by atoms with Gasteiger partial charge in [-0.3, -0.25) is 4.79 Å². The van der Waals surface area contributed by atoms with Crippen molar-refractivity contribution in [2.45, 2.75) is 11.8 Å². The van der Waals surface area contributed by atoms with Crippen LogP contribution in [0.1, 0.15) is 16.7 Å². The van der Waals surface area contributed by atoms with Crippen molar-refractivity contribution in [1.29, 1.82) is 0 Å². The van der Waals surface area contributed by atoms with Crippen LogP contribution in [0.2, 0.25) is 5.02 Å². The van der Waals surface area contributed by atoms with Crippen LogP contribution >= 0.6 is 11.6 Å². The maximum atomic E-state index is 12.8. The van der Waals surface area contributed by atoms with E-state index >= 15 is 0 Å². The molecule has 0 atom stereocenters. The van der Waals surface area contributed by atoms with Crippen LogP contribution in [0, 0.1) is 6.92 Å². The lowest BCUT2D eigenvalue weighted by Gasteiger charge is -2.15. The maximum absolute atomic E-state index is 12.8. The summed E-state index contributed by atoms with van der Waals surface area (Å²) >= 11 is 6.28. The van der Waals surface area contributed by atoms with Crippen molar-refractivity contribution < 1.29 is 22.7 Å². The Morgan fingerprint density at radius 1 is 0.938 bits per heavy atom. The molecule has 166 valence electrons. The zero-order valence-electron chi connectivity index (χ0n) is 17.8. The lowest BCUT2D eigenvalue weighted by atomic mass is 9.96. The van der Waals surface area contributed by atoms with E-state index < -0.39 is 15.9 Å². The molecule has 0 aliphatic rings. The Morgan fingerprint density at radius 3 is 2.19 bits per heavy atom. The number of rotatable bonds is 7. The summed E-state index contributed by atoms with van der Waals surface area (Å²) in [6, 6.07) is 18.3. The highest BCUT2D eigenvalue weighted by Crippen LogP contribution is 2.36. The SMILES string of the molecule is COc1ccc(/C(=C/C(=O)NS(=O)(=O)c2ccc(C)cc2)c2cccc(Cl)c2OC)cc1. The molecule has 32 heavy (non-hydrogen) atoms. The molecule has 6 nitrogen and oxygen atoms in total. The van der Waals surface area contributed by atoms with Gasteiger partial charge in [0.05, 0.1) is 24.1 Å². The molecule has 3 aromatic carbocycles. The van der Waals surface area contributed by atoms with Crippen molar-refractivity contribution in [3.8, 4) is 11.5 Å². The quantitative estimate of drug-likeness (QED) is 0.509. The van der Waals surface area contributed by atoms with E-state index in [9.17, 15) is 13.2 Å². The van der Waals surface area contributed by atoms with Gasteiger partial charge < -0.3 is 9.47 Å². The average molecular weight is 472 g/mol. The molecule has 0 fully saturated rings. The van der Waals surface area contributed by atoms with E-state index in [1.165, 1.54) is 25.3 Å². The molecule has 0 aromatic heterocycles. The minimum absolute atomic E-state index is 0.00353. The molecular formula is C24H22ClNO5S. The highest BCUT2D eigenvalue weighted by atomic mass is 35.5. The van der Waals surface area contributed by atoms with Gasteiger partial charge in [0.15, 0.2) is 0 Å². The summed E-state index contributed by atoms with van der Waals surface area (Å²) in [4.78, 5) is 12.8. The Balaban J connectivity index is 2.05. The zero-order valence-corrected chi connectivity index (χ0v) is 19.3. The van der Waals surface area contributed by atoms with Crippen LogP contribution in [-0.2, 0) is 14.8 Å². The van der Waals surface area contributed by atoms with Crippen molar-refractivity contribution in [3.63, 3.8) is 0 Å². The van der Waals surface area contributed by atoms with Gasteiger partial charge in [-0.2, -0.15) is 0 Å². The van der Waals surface area contributed by atoms with E-state index in [1.807, 2.05) is 6.92 Å². The topological polar surface area (TPSA) is 81.7 Å². The van der Waals surface area contributed by atoms with Crippen LogP contribution in [0.5, 0.6) is 11.5 Å². The zero-order chi connectivity index (χ0) is 23.3. The van der Waals surface area contributed by atoms with Crippen LogP contribution in [-0.4, -0.2) is 28.5 Å². The lowest BCUT2D eigenvalue weighted by Crippen LogP contribution is -2.29. The van der Waals surface area contributed by atoms with E-state index in [0.717, 1.165) is 5.56 Å². The number of carbonyl (C=O) groups excluding carboxylic acids is 1. The van der Waals surface area contributed by atoms with Gasteiger partial charge in [0, 0.05) is 11.6 Å². The van der Waals surface area contributed by atoms with Gasteiger partial charge in [0.1, 0.15) is 11.5 Å². The lowest BCUT2D eigenvalue weighted by molar-refractivity contribution is -0.114. The van der Waals surface area contributed by atoms with Crippen LogP contribution in [0.4, 0.5) is 0 Å². The molecule has 0 heterocycles. The number of sulfonamides is 1. The van der Waals surface area contributed by atoms with Crippen LogP contribution in [0.25, 0.3) is 5.57 Å². The summed E-state index contributed by atoms with van der Waals surface area (Å²) in [5.41, 5.74) is 2.52. The fourth-order valence-corrected chi connectivity index (χ4v) is 4.27. The van der Waals surface area contributed by atoms with Crippen LogP contribution in [0.15, 0.2) is 77.7 Å². The van der Waals surface area contributed by atoms with Crippen molar-refractivity contribution in [2.75, 3.05) is 14.2 Å². The number of carbonyl (C=O) groups is 1. The molecule has 8 heteroatoms. The molecule has 3 rings (SSSR count). The van der Waals surface area contributed by atoms with Crippen molar-refractivity contribution in [2.24, 2.45) is 0 Å². The van der Waals surface area contributed by atoms with Gasteiger partial charge >= 0.3 is 0 Å². The van der Waals surface area contributed by atoms with Gasteiger partial charge in [-0.1, -0.05) is 53.6 Å². The Hall–Kier alpha value is -3.29. The van der Waals surface area contributed by atoms with Crippen molar-refractivity contribution in [1.82, 2.24) is 4.72 Å². The molecule has 3 aromatic rings. The number of methoxy groups -OCH3 is 2. The second-order valence-electron chi connectivity index (χ2n) is 6.89. The minimum atomic E-state index is -4.04. The second-order valence-corrected chi connectivity index (χ2v) is 8.98. The summed E-state index contributed by atoms with van der Waals surface area (Å²) in [5.74, 6) is 0.196. The van der Waals surface area contributed by atoms with E-state index in [1.54, 1.807) is 61.7 Å². The standard InChI is InChI=1S/C24H22ClNO5S/c1-16-7-13-19(14-8-16)32(28,29)26-23(27)15-21(17-9-11-18(30-2)12-10-17)20-5-4-6-22(25)24(20)31-3/h4-15H,1-3H3,(H,26,27)/b21-15-. The molecule has 0 saturated heterocycles. The summed E-state index contributed by atoms with van der Waals surface area (Å²) in [7, 11) is -1.02. The summed E-state index contributed by atoms with van der Waals surface area (Å²) in [5, 5.41) is 0.358. The van der Waals surface area contributed by atoms with Gasteiger partial charge in [0.2, 0.25) is 0 Å². The normalized spacial score (nSPS) is 11.7. The monoisotopic (exact) mass is 471 g/mol. The highest BCUT2D eigenvalue weighted by Gasteiger charge is 2.19.